The molecule has 1 aromatic carbocycles. The Hall–Kier alpha value is -2.54. The summed E-state index contributed by atoms with van der Waals surface area (Å²) in [6.07, 6.45) is 19.1. The van der Waals surface area contributed by atoms with E-state index in [1.165, 1.54) is 87.2 Å². The fraction of sp³-hybridized carbons (Fsp3) is 0.730. The Morgan fingerprint density at radius 3 is 1.66 bits per heavy atom. The van der Waals surface area contributed by atoms with Gasteiger partial charge in [0, 0.05) is 19.5 Å². The van der Waals surface area contributed by atoms with Crippen LogP contribution in [-0.4, -0.2) is 49.8 Å². The van der Waals surface area contributed by atoms with Crippen LogP contribution < -0.4 is 11.2 Å². The van der Waals surface area contributed by atoms with Crippen LogP contribution >= 0.6 is 0 Å². The minimum atomic E-state index is -0.454. The minimum absolute atomic E-state index is 0.308. The van der Waals surface area contributed by atoms with Crippen molar-refractivity contribution >= 4 is 11.0 Å². The van der Waals surface area contributed by atoms with Crippen LogP contribution in [0, 0.1) is 13.8 Å². The van der Waals surface area contributed by atoms with Gasteiger partial charge >= 0.3 is 5.69 Å². The molecule has 0 fully saturated rings. The van der Waals surface area contributed by atoms with Crippen LogP contribution in [0.4, 0.5) is 0 Å². The van der Waals surface area contributed by atoms with Gasteiger partial charge in [0.15, 0.2) is 11.5 Å². The third-order valence-corrected chi connectivity index (χ3v) is 10.2. The number of hydrogen-bond acceptors (Lipinski definition) is 4. The molecule has 0 atom stereocenters. The van der Waals surface area contributed by atoms with Crippen molar-refractivity contribution in [2.75, 3.05) is 26.2 Å². The van der Waals surface area contributed by atoms with E-state index in [9.17, 15) is 9.59 Å². The van der Waals surface area contributed by atoms with Crippen molar-refractivity contribution in [3.8, 4) is 11.5 Å². The van der Waals surface area contributed by atoms with E-state index in [0.29, 0.717) is 18.1 Å². The molecule has 7 heteroatoms. The third kappa shape index (κ3) is 9.73. The highest BCUT2D eigenvalue weighted by molar-refractivity contribution is 5.81. The predicted octanol–water partition coefficient (Wildman–Crippen LogP) is 8.42. The largest absolute Gasteiger partial charge is 0.352 e. The maximum Gasteiger partial charge on any atom is 0.352 e. The summed E-state index contributed by atoms with van der Waals surface area (Å²) < 4.78 is 4.39. The van der Waals surface area contributed by atoms with Gasteiger partial charge in [0.25, 0.3) is 5.56 Å². The zero-order chi connectivity index (χ0) is 32.0. The maximum atomic E-state index is 13.7. The molecule has 2 heterocycles. The standard InChI is InChI=1S/C37H62N5O2/c1-7-11-12-13-14-15-16-17-18-19-20-21-22-23-25-40-33-29-31(6)30(5)28-32(33)38-34-35(40)39-37(44)41(36(34)43)26-24-27-42(8-2,9-3)10-4/h28-29H,7-27H2,1-6H3/q+1. The van der Waals surface area contributed by atoms with Gasteiger partial charge in [-0.1, -0.05) is 90.4 Å². The van der Waals surface area contributed by atoms with Gasteiger partial charge in [-0.15, -0.1) is 0 Å². The molecule has 2 aliphatic rings. The predicted molar refractivity (Wildman–Crippen MR) is 186 cm³/mol. The van der Waals surface area contributed by atoms with Gasteiger partial charge in [0.05, 0.1) is 37.2 Å². The molecule has 0 spiro atoms. The van der Waals surface area contributed by atoms with Crippen LogP contribution in [0.5, 0.6) is 0 Å². The van der Waals surface area contributed by atoms with E-state index in [-0.39, 0.29) is 5.56 Å². The van der Waals surface area contributed by atoms with Crippen molar-refractivity contribution in [3.63, 3.8) is 0 Å². The zero-order valence-electron chi connectivity index (χ0n) is 29.1. The van der Waals surface area contributed by atoms with E-state index in [1.807, 2.05) is 0 Å². The van der Waals surface area contributed by atoms with Crippen LogP contribution in [0.3, 0.4) is 0 Å². The molecule has 0 bridgehead atoms. The molecule has 0 aromatic heterocycles. The Morgan fingerprint density at radius 2 is 1.11 bits per heavy atom. The van der Waals surface area contributed by atoms with E-state index in [1.54, 1.807) is 0 Å². The first kappa shape index (κ1) is 35.9. The molecule has 0 aliphatic carbocycles. The number of fused-ring (bicyclic) bond motifs is 2. The summed E-state index contributed by atoms with van der Waals surface area (Å²) >= 11 is 0. The number of quaternary nitrogens is 1. The van der Waals surface area contributed by atoms with Crippen LogP contribution in [0.25, 0.3) is 22.6 Å². The Labute approximate surface area is 267 Å². The average molecular weight is 609 g/mol. The van der Waals surface area contributed by atoms with Crippen molar-refractivity contribution in [3.05, 3.63) is 44.1 Å². The van der Waals surface area contributed by atoms with E-state index >= 15 is 0 Å². The Kier molecular flexibility index (Phi) is 15.1. The highest BCUT2D eigenvalue weighted by Gasteiger charge is 2.24. The third-order valence-electron chi connectivity index (χ3n) is 10.2. The molecule has 44 heavy (non-hydrogen) atoms. The van der Waals surface area contributed by atoms with Crippen molar-refractivity contribution < 1.29 is 4.48 Å². The smallest absolute Gasteiger partial charge is 0.324 e. The molecule has 0 radical (unpaired) electrons. The second-order valence-corrected chi connectivity index (χ2v) is 13.2. The average Bonchev–Trinajstić information content (AvgIpc) is 3.02. The quantitative estimate of drug-likeness (QED) is 0.0652. The molecule has 0 amide bonds. The summed E-state index contributed by atoms with van der Waals surface area (Å²) in [4.78, 5) is 36.2. The number of rotatable bonds is 22. The van der Waals surface area contributed by atoms with Gasteiger partial charge in [-0.25, -0.2) is 9.78 Å². The van der Waals surface area contributed by atoms with E-state index in [4.69, 9.17) is 4.98 Å². The van der Waals surface area contributed by atoms with Crippen LogP contribution in [0.15, 0.2) is 21.7 Å². The second-order valence-electron chi connectivity index (χ2n) is 13.2. The molecule has 246 valence electrons. The lowest BCUT2D eigenvalue weighted by Crippen LogP contribution is -2.49. The van der Waals surface area contributed by atoms with Gasteiger partial charge in [-0.3, -0.25) is 9.36 Å². The summed E-state index contributed by atoms with van der Waals surface area (Å²) in [7, 11) is 0. The Balaban J connectivity index is 1.65. The maximum absolute atomic E-state index is 13.7. The first-order valence-electron chi connectivity index (χ1n) is 18.1. The molecule has 0 N–H and O–H groups in total. The first-order valence-corrected chi connectivity index (χ1v) is 18.1. The van der Waals surface area contributed by atoms with Crippen molar-refractivity contribution in [1.82, 2.24) is 19.1 Å². The molecule has 2 aliphatic heterocycles. The van der Waals surface area contributed by atoms with Crippen LogP contribution in [0.2, 0.25) is 0 Å². The second kappa shape index (κ2) is 18.4. The Bertz CT molecular complexity index is 1360. The highest BCUT2D eigenvalue weighted by atomic mass is 16.2. The molecule has 1 aromatic rings. The SMILES string of the molecule is CCCCCCCCCCCCCCCCn1c2nc(=O)n(CCC[N+](CC)(CC)CC)c(=O)c-2nc2cc(C)c(C)cc21. The number of unbranched alkanes of at least 4 members (excludes halogenated alkanes) is 13. The lowest BCUT2D eigenvalue weighted by molar-refractivity contribution is -0.923. The molecular weight excluding hydrogens is 546 g/mol. The molecular formula is C37H62N5O2+. The van der Waals surface area contributed by atoms with Gasteiger partial charge < -0.3 is 9.05 Å². The summed E-state index contributed by atoms with van der Waals surface area (Å²) in [5.74, 6) is 0.433. The number of hydrogen-bond donors (Lipinski definition) is 0. The molecule has 0 saturated heterocycles. The number of nitrogens with zero attached hydrogens (tertiary/aromatic N) is 5. The van der Waals surface area contributed by atoms with Crippen molar-refractivity contribution in [2.45, 2.75) is 151 Å². The summed E-state index contributed by atoms with van der Waals surface area (Å²) in [6, 6.07) is 4.20. The van der Waals surface area contributed by atoms with Crippen LogP contribution in [0.1, 0.15) is 135 Å². The number of aromatic nitrogens is 4. The van der Waals surface area contributed by atoms with Gasteiger partial charge in [-0.05, 0) is 64.3 Å². The molecule has 0 unspecified atom stereocenters. The van der Waals surface area contributed by atoms with Crippen LogP contribution in [-0.2, 0) is 13.1 Å². The van der Waals surface area contributed by atoms with E-state index < -0.39 is 5.69 Å². The monoisotopic (exact) mass is 608 g/mol. The van der Waals surface area contributed by atoms with Gasteiger partial charge in [-0.2, -0.15) is 4.98 Å². The highest BCUT2D eigenvalue weighted by Crippen LogP contribution is 2.25. The normalized spacial score (nSPS) is 12.1. The lowest BCUT2D eigenvalue weighted by Gasteiger charge is -2.35. The molecule has 7 nitrogen and oxygen atoms in total. The summed E-state index contributed by atoms with van der Waals surface area (Å²) in [5, 5.41) is 0. The van der Waals surface area contributed by atoms with Gasteiger partial charge in [0.1, 0.15) is 0 Å². The summed E-state index contributed by atoms with van der Waals surface area (Å²) in [5.41, 5.74) is 3.63. The van der Waals surface area contributed by atoms with Crippen molar-refractivity contribution in [2.24, 2.45) is 0 Å². The Morgan fingerprint density at radius 1 is 0.614 bits per heavy atom. The van der Waals surface area contributed by atoms with Crippen molar-refractivity contribution in [1.29, 1.82) is 0 Å². The first-order chi connectivity index (χ1) is 21.3. The lowest BCUT2D eigenvalue weighted by atomic mass is 10.0. The van der Waals surface area contributed by atoms with E-state index in [2.05, 4.69) is 63.2 Å². The number of aryl methyl sites for hydroxylation is 3. The fourth-order valence-corrected chi connectivity index (χ4v) is 6.72. The minimum Gasteiger partial charge on any atom is -0.324 e. The van der Waals surface area contributed by atoms with Gasteiger partial charge in [0.2, 0.25) is 0 Å². The zero-order valence-corrected chi connectivity index (χ0v) is 29.1. The number of benzene rings is 1. The molecule has 0 saturated carbocycles. The molecule has 3 rings (SSSR count). The summed E-state index contributed by atoms with van der Waals surface area (Å²) in [6.45, 7) is 18.3. The van der Waals surface area contributed by atoms with E-state index in [0.717, 1.165) is 73.1 Å². The fourth-order valence-electron chi connectivity index (χ4n) is 6.72. The topological polar surface area (TPSA) is 69.8 Å².